The second-order valence-electron chi connectivity index (χ2n) is 3.48. The number of azo groups is 1. The van der Waals surface area contributed by atoms with E-state index in [2.05, 4.69) is 15.3 Å². The Kier molecular flexibility index (Phi) is 1.91. The molecule has 3 rings (SSSR count). The molecule has 0 atom stereocenters. The minimum atomic E-state index is -0.544. The maximum Gasteiger partial charge on any atom is 1.00 e. The second-order valence-corrected chi connectivity index (χ2v) is 3.48. The fraction of sp³-hybridized carbons (Fsp3) is 0. The van der Waals surface area contributed by atoms with Crippen molar-refractivity contribution in [3.63, 3.8) is 0 Å². The van der Waals surface area contributed by atoms with Crippen LogP contribution >= 0.6 is 0 Å². The van der Waals surface area contributed by atoms with Crippen molar-refractivity contribution in [2.45, 2.75) is 0 Å². The van der Waals surface area contributed by atoms with Crippen molar-refractivity contribution in [1.29, 1.82) is 0 Å². The highest BCUT2D eigenvalue weighted by molar-refractivity contribution is 5.80. The van der Waals surface area contributed by atoms with Crippen molar-refractivity contribution in [2.75, 3.05) is 0 Å². The second kappa shape index (κ2) is 3.41. The molecular weight excluding hydrogens is 220 g/mol. The Morgan fingerprint density at radius 1 is 1.35 bits per heavy atom. The third-order valence-corrected chi connectivity index (χ3v) is 2.45. The lowest BCUT2D eigenvalue weighted by atomic mass is 10.3. The molecule has 2 aliphatic rings. The highest BCUT2D eigenvalue weighted by atomic mass is 16.2. The smallest absolute Gasteiger partial charge is 0.351 e. The number of hydrogen-bond donors (Lipinski definition) is 1. The van der Waals surface area contributed by atoms with E-state index in [-0.39, 0.29) is 1.43 Å². The molecule has 3 heterocycles. The quantitative estimate of drug-likeness (QED) is 0.663. The first kappa shape index (κ1) is 9.52. The van der Waals surface area contributed by atoms with E-state index < -0.39 is 6.03 Å². The van der Waals surface area contributed by atoms with Crippen LogP contribution in [0.25, 0.3) is 24.7 Å². The lowest BCUT2D eigenvalue weighted by molar-refractivity contribution is 0.238. The van der Waals surface area contributed by atoms with E-state index in [1.807, 2.05) is 0 Å². The molecule has 0 saturated heterocycles. The number of carbonyl (C=O) groups is 1. The van der Waals surface area contributed by atoms with Crippen LogP contribution in [0, 0.1) is 0 Å². The van der Waals surface area contributed by atoms with E-state index in [9.17, 15) is 4.79 Å². The molecule has 2 N–H and O–H groups in total. The summed E-state index contributed by atoms with van der Waals surface area (Å²) in [5.74, 6) is 0. The van der Waals surface area contributed by atoms with Gasteiger partial charge in [0.25, 0.3) is 0 Å². The molecule has 0 bridgehead atoms. The molecule has 2 amide bonds. The van der Waals surface area contributed by atoms with Crippen LogP contribution in [-0.4, -0.2) is 20.7 Å². The molecule has 1 aromatic heterocycles. The van der Waals surface area contributed by atoms with Crippen molar-refractivity contribution in [1.82, 2.24) is 14.7 Å². The van der Waals surface area contributed by atoms with Gasteiger partial charge in [0.2, 0.25) is 0 Å². The Morgan fingerprint density at radius 3 is 3.06 bits per heavy atom. The summed E-state index contributed by atoms with van der Waals surface area (Å²) in [4.78, 5) is 12.4. The fourth-order valence-electron chi connectivity index (χ4n) is 1.67. The predicted molar refractivity (Wildman–Crippen MR) is 62.2 cm³/mol. The lowest BCUT2D eigenvalue weighted by Crippen LogP contribution is -2.35. The molecule has 0 saturated carbocycles. The maximum atomic E-state index is 11.1. The van der Waals surface area contributed by atoms with Gasteiger partial charge in [0.1, 0.15) is 0 Å². The Bertz CT molecular complexity index is 699. The van der Waals surface area contributed by atoms with E-state index in [0.717, 1.165) is 16.3 Å². The lowest BCUT2D eigenvalue weighted by Gasteiger charge is -2.11. The maximum absolute atomic E-state index is 11.1. The molecule has 7 nitrogen and oxygen atoms in total. The number of rotatable bonds is 0. The van der Waals surface area contributed by atoms with Gasteiger partial charge in [-0.1, -0.05) is 0 Å². The third kappa shape index (κ3) is 1.44. The minimum Gasteiger partial charge on any atom is -0.351 e. The molecule has 0 radical (unpaired) electrons. The van der Waals surface area contributed by atoms with E-state index >= 15 is 0 Å². The van der Waals surface area contributed by atoms with E-state index in [1.54, 1.807) is 41.8 Å². The van der Waals surface area contributed by atoms with Crippen LogP contribution in [-0.2, 0) is 0 Å². The van der Waals surface area contributed by atoms with Gasteiger partial charge in [-0.15, -0.1) is 0 Å². The van der Waals surface area contributed by atoms with Crippen LogP contribution < -0.4 is 16.3 Å². The van der Waals surface area contributed by atoms with Gasteiger partial charge in [0.15, 0.2) is 0 Å². The highest BCUT2D eigenvalue weighted by Gasteiger charge is 2.12. The molecule has 0 aliphatic carbocycles. The van der Waals surface area contributed by atoms with Crippen molar-refractivity contribution in [3.8, 4) is 0 Å². The van der Waals surface area contributed by atoms with E-state index in [0.29, 0.717) is 0 Å². The summed E-state index contributed by atoms with van der Waals surface area (Å²) in [5.41, 5.74) is 5.97. The zero-order valence-corrected chi connectivity index (χ0v) is 8.69. The van der Waals surface area contributed by atoms with Crippen LogP contribution in [0.3, 0.4) is 0 Å². The number of carbonyl (C=O) groups excluding carboxylic acids is 1. The summed E-state index contributed by atoms with van der Waals surface area (Å²) < 4.78 is 1.65. The molecule has 1 aromatic rings. The summed E-state index contributed by atoms with van der Waals surface area (Å²) in [6.07, 6.45) is 9.74. The number of nitrogens with two attached hydrogens (primary N) is 1. The van der Waals surface area contributed by atoms with Gasteiger partial charge in [0, 0.05) is 23.8 Å². The normalized spacial score (nSPS) is 15.6. The van der Waals surface area contributed by atoms with Crippen molar-refractivity contribution >= 4 is 30.7 Å². The van der Waals surface area contributed by atoms with E-state index in [1.165, 1.54) is 4.90 Å². The number of nitrogens with zero attached hydrogens (tertiary/aromatic N) is 5. The Morgan fingerprint density at radius 2 is 2.24 bits per heavy atom. The van der Waals surface area contributed by atoms with Gasteiger partial charge in [-0.3, -0.25) is 4.90 Å². The number of fused-ring (bicyclic) bond motifs is 3. The van der Waals surface area contributed by atoms with Gasteiger partial charge in [-0.2, -0.15) is 15.3 Å². The summed E-state index contributed by atoms with van der Waals surface area (Å²) >= 11 is 0. The molecule has 7 heteroatoms. The molecule has 0 unspecified atom stereocenters. The van der Waals surface area contributed by atoms with Crippen LogP contribution in [0.1, 0.15) is 7.12 Å². The molecule has 0 fully saturated rings. The molecule has 17 heavy (non-hydrogen) atoms. The summed E-state index contributed by atoms with van der Waals surface area (Å²) in [6, 6.07) is -0.544. The highest BCUT2D eigenvalue weighted by Crippen LogP contribution is 2.02. The van der Waals surface area contributed by atoms with E-state index in [4.69, 9.17) is 5.73 Å². The van der Waals surface area contributed by atoms with Crippen LogP contribution in [0.15, 0.2) is 22.6 Å². The van der Waals surface area contributed by atoms with Gasteiger partial charge in [0.05, 0.1) is 23.4 Å². The number of hydrogen-bond acceptors (Lipinski definition) is 4. The van der Waals surface area contributed by atoms with Gasteiger partial charge in [-0.25, -0.2) is 9.48 Å². The van der Waals surface area contributed by atoms with Crippen molar-refractivity contribution in [2.24, 2.45) is 16.0 Å². The largest absolute Gasteiger partial charge is 1.00 e. The van der Waals surface area contributed by atoms with Crippen molar-refractivity contribution < 1.29 is 6.22 Å². The zero-order valence-electron chi connectivity index (χ0n) is 9.69. The monoisotopic (exact) mass is 229 g/mol. The van der Waals surface area contributed by atoms with Crippen LogP contribution in [0.4, 0.5) is 4.79 Å². The summed E-state index contributed by atoms with van der Waals surface area (Å²) in [6.45, 7) is 0. The zero-order chi connectivity index (χ0) is 11.8. The molecular formula is C10H9N6O+. The van der Waals surface area contributed by atoms with Crippen LogP contribution in [0.5, 0.6) is 0 Å². The Hall–Kier alpha value is -2.70. The Labute approximate surface area is 97.0 Å². The van der Waals surface area contributed by atoms with Gasteiger partial charge < -0.3 is 5.73 Å². The first-order valence-corrected chi connectivity index (χ1v) is 4.89. The first-order chi connectivity index (χ1) is 8.25. The summed E-state index contributed by atoms with van der Waals surface area (Å²) in [7, 11) is 0. The molecule has 0 aromatic carbocycles. The average molecular weight is 229 g/mol. The first-order valence-electron chi connectivity index (χ1n) is 4.89. The Balaban J connectivity index is 0.00000120. The van der Waals surface area contributed by atoms with Crippen molar-refractivity contribution in [3.05, 3.63) is 28.7 Å². The predicted octanol–water partition coefficient (Wildman–Crippen LogP) is -0.269. The fourth-order valence-corrected chi connectivity index (χ4v) is 1.67. The average Bonchev–Trinajstić information content (AvgIpc) is 2.51. The number of amides is 2. The van der Waals surface area contributed by atoms with Crippen LogP contribution in [0.2, 0.25) is 0 Å². The topological polar surface area (TPSA) is 88.9 Å². The molecule has 0 spiro atoms. The SMILES string of the molecule is NC(=O)N1C=Cc2nn3c(c2=C1)=CN=NC=C3.[H+]. The summed E-state index contributed by atoms with van der Waals surface area (Å²) in [5, 5.41) is 13.5. The van der Waals surface area contributed by atoms with Gasteiger partial charge >= 0.3 is 7.46 Å². The number of primary amides is 1. The third-order valence-electron chi connectivity index (χ3n) is 2.45. The minimum absolute atomic E-state index is 0. The van der Waals surface area contributed by atoms with Gasteiger partial charge in [-0.05, 0) is 6.08 Å². The molecule has 84 valence electrons. The number of aromatic nitrogens is 2. The molecule has 2 aliphatic heterocycles. The standard InChI is InChI=1S/C10H8N6O/c11-10(17)15-3-1-8-7(6-15)9-5-13-12-2-4-16(9)14-8/h1-6H,(H2,11,17)/p+1. The number of urea groups is 1.